The molecular formula is C28H33Cl3N10O6. The minimum Gasteiger partial charge on any atom is -0.408 e. The Morgan fingerprint density at radius 2 is 1.34 bits per heavy atom. The lowest BCUT2D eigenvalue weighted by atomic mass is 10.2. The highest BCUT2D eigenvalue weighted by atomic mass is 35.5. The third-order valence-corrected chi connectivity index (χ3v) is 7.33. The Hall–Kier alpha value is -4.09. The van der Waals surface area contributed by atoms with Crippen LogP contribution in [0.4, 0.5) is 9.59 Å². The van der Waals surface area contributed by atoms with Gasteiger partial charge in [0.15, 0.2) is 22.3 Å². The van der Waals surface area contributed by atoms with Crippen LogP contribution in [-0.2, 0) is 23.6 Å². The van der Waals surface area contributed by atoms with E-state index in [-0.39, 0.29) is 26.9 Å². The lowest BCUT2D eigenvalue weighted by Gasteiger charge is -2.26. The van der Waals surface area contributed by atoms with Gasteiger partial charge in [-0.1, -0.05) is 23.2 Å². The van der Waals surface area contributed by atoms with Crippen molar-refractivity contribution < 1.29 is 23.8 Å². The van der Waals surface area contributed by atoms with Gasteiger partial charge in [-0.3, -0.25) is 24.1 Å². The molecule has 0 saturated carbocycles. The van der Waals surface area contributed by atoms with E-state index in [4.69, 9.17) is 49.0 Å². The normalized spacial score (nSPS) is 14.4. The zero-order valence-corrected chi connectivity index (χ0v) is 28.3. The summed E-state index contributed by atoms with van der Waals surface area (Å²) < 4.78 is 19.0. The fourth-order valence-corrected chi connectivity index (χ4v) is 4.93. The molecule has 19 heteroatoms. The number of morpholine rings is 2. The summed E-state index contributed by atoms with van der Waals surface area (Å²) >= 11 is 16.7. The Morgan fingerprint density at radius 1 is 0.809 bits per heavy atom. The van der Waals surface area contributed by atoms with Crippen molar-refractivity contribution in [2.24, 2.45) is 14.1 Å². The molecule has 2 aliphatic heterocycles. The van der Waals surface area contributed by atoms with Crippen LogP contribution >= 0.6 is 34.8 Å². The van der Waals surface area contributed by atoms with E-state index in [9.17, 15) is 14.4 Å². The van der Waals surface area contributed by atoms with Gasteiger partial charge in [-0.25, -0.2) is 4.79 Å². The van der Waals surface area contributed by atoms with Gasteiger partial charge in [-0.05, 0) is 37.6 Å². The summed E-state index contributed by atoms with van der Waals surface area (Å²) in [7, 11) is 3.55. The van der Waals surface area contributed by atoms with Crippen LogP contribution in [0.5, 0.6) is 5.75 Å². The molecule has 252 valence electrons. The van der Waals surface area contributed by atoms with Gasteiger partial charge in [0, 0.05) is 52.4 Å². The molecule has 0 aromatic carbocycles. The first-order valence-corrected chi connectivity index (χ1v) is 15.4. The Kier molecular flexibility index (Phi) is 12.7. The van der Waals surface area contributed by atoms with Gasteiger partial charge in [-0.15, -0.1) is 10.2 Å². The smallest absolute Gasteiger partial charge is 0.408 e. The first kappa shape index (κ1) is 35.8. The number of carbonyl (C=O) groups excluding carboxylic acids is 2. The molecule has 2 saturated heterocycles. The Balaban J connectivity index is 0.000000178. The van der Waals surface area contributed by atoms with Crippen LogP contribution in [-0.4, -0.2) is 114 Å². The number of carbonyl (C=O) groups is 2. The average Bonchev–Trinajstić information content (AvgIpc) is 3.56. The summed E-state index contributed by atoms with van der Waals surface area (Å²) in [6.07, 6.45) is -0.461. The molecule has 1 N–H and O–H groups in total. The minimum absolute atomic E-state index is 0.150. The zero-order valence-electron chi connectivity index (χ0n) is 26.1. The van der Waals surface area contributed by atoms with Crippen molar-refractivity contribution >= 4 is 46.3 Å². The number of halogens is 3. The number of nitrogens with zero attached hydrogens (tertiary/aromatic N) is 9. The average molecular weight is 712 g/mol. The molecule has 0 unspecified atom stereocenters. The monoisotopic (exact) mass is 710 g/mol. The maximum Gasteiger partial charge on any atom is 0.415 e. The van der Waals surface area contributed by atoms with Gasteiger partial charge in [0.25, 0.3) is 0 Å². The van der Waals surface area contributed by atoms with Gasteiger partial charge in [0.05, 0.1) is 49.2 Å². The molecule has 6 heterocycles. The van der Waals surface area contributed by atoms with Crippen LogP contribution in [0.25, 0.3) is 22.8 Å². The predicted octanol–water partition coefficient (Wildman–Crippen LogP) is 3.48. The van der Waals surface area contributed by atoms with Gasteiger partial charge >= 0.3 is 11.5 Å². The molecule has 2 fully saturated rings. The molecule has 0 atom stereocenters. The van der Waals surface area contributed by atoms with Crippen molar-refractivity contribution in [2.45, 2.75) is 13.8 Å². The summed E-state index contributed by atoms with van der Waals surface area (Å²) in [6, 6.07) is 6.41. The van der Waals surface area contributed by atoms with Crippen LogP contribution in [0.1, 0.15) is 11.4 Å². The molecule has 16 nitrogen and oxygen atoms in total. The second-order valence-corrected chi connectivity index (χ2v) is 11.3. The van der Waals surface area contributed by atoms with E-state index < -0.39 is 6.09 Å². The predicted molar refractivity (Wildman–Crippen MR) is 173 cm³/mol. The number of aromatic amines is 1. The molecular weight excluding hydrogens is 679 g/mol. The van der Waals surface area contributed by atoms with Crippen LogP contribution in [0.3, 0.4) is 0 Å². The number of hydrogen-bond donors (Lipinski definition) is 1. The van der Waals surface area contributed by atoms with Gasteiger partial charge in [0.1, 0.15) is 5.15 Å². The quantitative estimate of drug-likeness (QED) is 0.243. The van der Waals surface area contributed by atoms with Gasteiger partial charge in [-0.2, -0.15) is 15.3 Å². The number of rotatable bonds is 3. The first-order valence-electron chi connectivity index (χ1n) is 14.3. The number of aryl methyl sites for hydroxylation is 4. The molecule has 2 amide bonds. The zero-order chi connectivity index (χ0) is 34.1. The van der Waals surface area contributed by atoms with Crippen LogP contribution in [0.15, 0.2) is 29.1 Å². The van der Waals surface area contributed by atoms with E-state index in [1.54, 1.807) is 39.3 Å². The maximum atomic E-state index is 12.3. The van der Waals surface area contributed by atoms with E-state index in [1.807, 2.05) is 19.9 Å². The van der Waals surface area contributed by atoms with Crippen molar-refractivity contribution in [3.05, 3.63) is 56.2 Å². The Morgan fingerprint density at radius 3 is 1.81 bits per heavy atom. The third-order valence-electron chi connectivity index (χ3n) is 6.71. The van der Waals surface area contributed by atoms with E-state index in [1.165, 1.54) is 12.1 Å². The number of aromatic nitrogens is 8. The highest BCUT2D eigenvalue weighted by Gasteiger charge is 2.23. The summed E-state index contributed by atoms with van der Waals surface area (Å²) in [5, 5.41) is 22.7. The van der Waals surface area contributed by atoms with Gasteiger partial charge in [0.2, 0.25) is 5.43 Å². The van der Waals surface area contributed by atoms with Crippen molar-refractivity contribution in [2.75, 3.05) is 52.6 Å². The van der Waals surface area contributed by atoms with Gasteiger partial charge < -0.3 is 24.0 Å². The minimum atomic E-state index is -0.461. The molecule has 0 radical (unpaired) electrons. The van der Waals surface area contributed by atoms with Crippen LogP contribution in [0.2, 0.25) is 10.3 Å². The highest BCUT2D eigenvalue weighted by Crippen LogP contribution is 2.30. The summed E-state index contributed by atoms with van der Waals surface area (Å²) in [4.78, 5) is 37.5. The summed E-state index contributed by atoms with van der Waals surface area (Å²) in [5.41, 5.74) is 3.54. The molecule has 0 spiro atoms. The molecule has 2 aliphatic rings. The Bertz CT molecular complexity index is 1750. The van der Waals surface area contributed by atoms with E-state index in [2.05, 4.69) is 30.6 Å². The molecule has 0 aliphatic carbocycles. The van der Waals surface area contributed by atoms with Crippen molar-refractivity contribution in [1.29, 1.82) is 0 Å². The molecule has 6 rings (SSSR count). The number of H-pyrrole nitrogens is 1. The number of amides is 2. The van der Waals surface area contributed by atoms with Crippen LogP contribution in [0, 0.1) is 13.8 Å². The first-order chi connectivity index (χ1) is 22.4. The molecule has 47 heavy (non-hydrogen) atoms. The number of hydrogen-bond acceptors (Lipinski definition) is 11. The largest absolute Gasteiger partial charge is 0.415 e. The van der Waals surface area contributed by atoms with Crippen molar-refractivity contribution in [3.8, 4) is 28.5 Å². The topological polar surface area (TPSA) is 175 Å². The molecule has 4 aromatic heterocycles. The fraction of sp³-hybridized carbons (Fsp3) is 0.429. The summed E-state index contributed by atoms with van der Waals surface area (Å²) in [6.45, 7) is 8.17. The number of ether oxygens (including phenoxy) is 3. The fourth-order valence-electron chi connectivity index (χ4n) is 4.48. The van der Waals surface area contributed by atoms with Crippen molar-refractivity contribution in [3.63, 3.8) is 0 Å². The lowest BCUT2D eigenvalue weighted by Crippen LogP contribution is -2.42. The van der Waals surface area contributed by atoms with E-state index in [0.29, 0.717) is 75.4 Å². The standard InChI is InChI=1S/C14H16ClN5O3.C9H9ClN4O.C5H8ClNO2/c1-9-7-10(19(2)18-9)13-11(8-12(15)16-17-13)23-14(21)20-3-5-22-6-4-20;1-5-3-6(14(2)13-5)9-7(15)4-8(10)11-12-9;6-5(8)7-1-3-9-4-2-7/h7-8H,3-6H2,1-2H3;3-4H,1-2H3,(H,11,15);1-4H2. The third kappa shape index (κ3) is 9.95. The highest BCUT2D eigenvalue weighted by molar-refractivity contribution is 6.62. The SMILES string of the molecule is Cc1cc(-c2n[nH]c(Cl)cc2=O)n(C)n1.Cc1cc(-c2nnc(Cl)cc2OC(=O)N2CCOCC2)n(C)n1.O=C(Cl)N1CCOCC1. The van der Waals surface area contributed by atoms with E-state index in [0.717, 1.165) is 11.4 Å². The maximum absolute atomic E-state index is 12.3. The summed E-state index contributed by atoms with van der Waals surface area (Å²) in [5.74, 6) is 0.254. The lowest BCUT2D eigenvalue weighted by molar-refractivity contribution is 0.0416. The number of nitrogens with one attached hydrogen (secondary N) is 1. The van der Waals surface area contributed by atoms with E-state index >= 15 is 0 Å². The second kappa shape index (κ2) is 16.6. The second-order valence-electron chi connectivity index (χ2n) is 10.2. The molecule has 4 aromatic rings. The molecule has 0 bridgehead atoms. The van der Waals surface area contributed by atoms with Crippen LogP contribution < -0.4 is 10.2 Å². The Labute approximate surface area is 284 Å². The van der Waals surface area contributed by atoms with Crippen molar-refractivity contribution in [1.82, 2.24) is 49.8 Å².